The van der Waals surface area contributed by atoms with Crippen LogP contribution in [-0.2, 0) is 9.53 Å². The summed E-state index contributed by atoms with van der Waals surface area (Å²) >= 11 is 0. The van der Waals surface area contributed by atoms with Crippen LogP contribution in [0.15, 0.2) is 18.3 Å². The second-order valence-corrected chi connectivity index (χ2v) is 4.62. The number of rotatable bonds is 5. The molecule has 104 valence electrons. The Balaban J connectivity index is 2.07. The van der Waals surface area contributed by atoms with Gasteiger partial charge in [0.15, 0.2) is 6.04 Å². The predicted molar refractivity (Wildman–Crippen MR) is 67.7 cm³/mol. The molecule has 0 radical (unpaired) electrons. The van der Waals surface area contributed by atoms with Crippen molar-refractivity contribution in [3.8, 4) is 0 Å². The Kier molecular flexibility index (Phi) is 4.21. The number of methoxy groups -OCH3 is 1. The van der Waals surface area contributed by atoms with E-state index in [1.165, 1.54) is 13.5 Å². The van der Waals surface area contributed by atoms with E-state index >= 15 is 0 Å². The topological polar surface area (TPSA) is 80.6 Å². The molecule has 0 aromatic carbocycles. The van der Waals surface area contributed by atoms with E-state index in [-0.39, 0.29) is 5.91 Å². The molecule has 19 heavy (non-hydrogen) atoms. The van der Waals surface area contributed by atoms with Crippen molar-refractivity contribution in [2.45, 2.75) is 31.3 Å². The third kappa shape index (κ3) is 2.78. The molecule has 1 fully saturated rings. The summed E-state index contributed by atoms with van der Waals surface area (Å²) in [5, 5.41) is 11.6. The maximum atomic E-state index is 12.1. The molecule has 1 unspecified atom stereocenters. The molecular formula is C13H18N2O4. The minimum Gasteiger partial charge on any atom is -0.467 e. The fourth-order valence-electron chi connectivity index (χ4n) is 2.12. The number of aliphatic hydroxyl groups is 1. The number of esters is 1. The third-order valence-electron chi connectivity index (χ3n) is 3.45. The number of aromatic nitrogens is 1. The highest BCUT2D eigenvalue weighted by atomic mass is 16.5. The zero-order chi connectivity index (χ0) is 13.8. The summed E-state index contributed by atoms with van der Waals surface area (Å²) < 4.78 is 6.43. The number of hydrogen-bond donors (Lipinski definition) is 2. The molecule has 6 nitrogen and oxygen atoms in total. The Morgan fingerprint density at radius 2 is 2.32 bits per heavy atom. The Morgan fingerprint density at radius 1 is 1.58 bits per heavy atom. The van der Waals surface area contributed by atoms with Gasteiger partial charge in [-0.1, -0.05) is 0 Å². The van der Waals surface area contributed by atoms with Crippen molar-refractivity contribution < 1.29 is 19.4 Å². The Bertz CT molecular complexity index is 465. The average molecular weight is 266 g/mol. The number of hydrogen-bond acceptors (Lipinski definition) is 4. The number of carbonyl (C=O) groups is 2. The fourth-order valence-corrected chi connectivity index (χ4v) is 2.12. The van der Waals surface area contributed by atoms with Gasteiger partial charge in [0.2, 0.25) is 0 Å². The lowest BCUT2D eigenvalue weighted by atomic mass is 9.93. The van der Waals surface area contributed by atoms with Crippen LogP contribution >= 0.6 is 0 Å². The summed E-state index contributed by atoms with van der Waals surface area (Å²) in [4.78, 5) is 23.4. The van der Waals surface area contributed by atoms with E-state index in [0.717, 1.165) is 12.8 Å². The highest BCUT2D eigenvalue weighted by molar-refractivity contribution is 5.95. The number of nitrogens with zero attached hydrogens (tertiary/aromatic N) is 1. The van der Waals surface area contributed by atoms with Crippen molar-refractivity contribution in [2.24, 2.45) is 0 Å². The zero-order valence-electron chi connectivity index (χ0n) is 10.8. The van der Waals surface area contributed by atoms with Gasteiger partial charge in [0.25, 0.3) is 5.91 Å². The molecule has 6 heteroatoms. The molecule has 2 rings (SSSR count). The van der Waals surface area contributed by atoms with Crippen LogP contribution in [0, 0.1) is 0 Å². The number of aliphatic hydroxyl groups excluding tert-OH is 1. The molecule has 0 saturated heterocycles. The molecular weight excluding hydrogens is 248 g/mol. The standard InChI is InChI=1S/C13H18N2O4/c1-19-13(18)10(8-16)14-12(17)11-6-3-7-15(11)9-4-2-5-9/h3,6-7,9-10,16H,2,4-5,8H2,1H3,(H,14,17). The Labute approximate surface area is 111 Å². The summed E-state index contributed by atoms with van der Waals surface area (Å²) in [5.74, 6) is -1.03. The normalized spacial score (nSPS) is 16.5. The van der Waals surface area contributed by atoms with E-state index in [2.05, 4.69) is 10.1 Å². The maximum absolute atomic E-state index is 12.1. The molecule has 1 heterocycles. The van der Waals surface area contributed by atoms with E-state index < -0.39 is 18.6 Å². The van der Waals surface area contributed by atoms with Gasteiger partial charge in [0.05, 0.1) is 13.7 Å². The molecule has 1 atom stereocenters. The summed E-state index contributed by atoms with van der Waals surface area (Å²) in [6, 6.07) is 2.85. The molecule has 0 aliphatic heterocycles. The fraction of sp³-hybridized carbons (Fsp3) is 0.538. The number of nitrogens with one attached hydrogen (secondary N) is 1. The highest BCUT2D eigenvalue weighted by Crippen LogP contribution is 2.32. The van der Waals surface area contributed by atoms with Crippen LogP contribution in [0.1, 0.15) is 35.8 Å². The average Bonchev–Trinajstić information content (AvgIpc) is 2.81. The third-order valence-corrected chi connectivity index (χ3v) is 3.45. The van der Waals surface area contributed by atoms with Crippen LogP contribution in [0.3, 0.4) is 0 Å². The zero-order valence-corrected chi connectivity index (χ0v) is 10.8. The molecule has 1 aromatic rings. The SMILES string of the molecule is COC(=O)C(CO)NC(=O)c1cccn1C1CCC1. The highest BCUT2D eigenvalue weighted by Gasteiger charge is 2.26. The van der Waals surface area contributed by atoms with Crippen LogP contribution in [-0.4, -0.2) is 41.3 Å². The lowest BCUT2D eigenvalue weighted by Crippen LogP contribution is -2.44. The molecule has 0 bridgehead atoms. The van der Waals surface area contributed by atoms with E-state index in [1.807, 2.05) is 10.8 Å². The quantitative estimate of drug-likeness (QED) is 0.759. The summed E-state index contributed by atoms with van der Waals surface area (Å²) in [6.07, 6.45) is 5.17. The Morgan fingerprint density at radius 3 is 2.84 bits per heavy atom. The lowest BCUT2D eigenvalue weighted by Gasteiger charge is -2.29. The van der Waals surface area contributed by atoms with E-state index in [4.69, 9.17) is 5.11 Å². The molecule has 2 N–H and O–H groups in total. The van der Waals surface area contributed by atoms with Crippen molar-refractivity contribution in [1.82, 2.24) is 9.88 Å². The minimum absolute atomic E-state index is 0.362. The van der Waals surface area contributed by atoms with Crippen LogP contribution in [0.5, 0.6) is 0 Å². The van der Waals surface area contributed by atoms with Crippen molar-refractivity contribution in [3.63, 3.8) is 0 Å². The number of carbonyl (C=O) groups excluding carboxylic acids is 2. The summed E-state index contributed by atoms with van der Waals surface area (Å²) in [5.41, 5.74) is 0.507. The van der Waals surface area contributed by atoms with Gasteiger partial charge in [-0.2, -0.15) is 0 Å². The van der Waals surface area contributed by atoms with Gasteiger partial charge in [0.1, 0.15) is 5.69 Å². The predicted octanol–water partition coefficient (Wildman–Crippen LogP) is 0.477. The van der Waals surface area contributed by atoms with Crippen LogP contribution in [0.4, 0.5) is 0 Å². The van der Waals surface area contributed by atoms with E-state index in [1.54, 1.807) is 12.1 Å². The number of amides is 1. The molecule has 1 aromatic heterocycles. The second-order valence-electron chi connectivity index (χ2n) is 4.62. The van der Waals surface area contributed by atoms with Crippen molar-refractivity contribution >= 4 is 11.9 Å². The first-order valence-corrected chi connectivity index (χ1v) is 6.33. The Hall–Kier alpha value is -1.82. The van der Waals surface area contributed by atoms with Crippen LogP contribution in [0.2, 0.25) is 0 Å². The van der Waals surface area contributed by atoms with Gasteiger partial charge in [-0.3, -0.25) is 4.79 Å². The van der Waals surface area contributed by atoms with Crippen molar-refractivity contribution in [1.29, 1.82) is 0 Å². The van der Waals surface area contributed by atoms with Gasteiger partial charge in [0, 0.05) is 12.2 Å². The first-order chi connectivity index (χ1) is 9.17. The van der Waals surface area contributed by atoms with Gasteiger partial charge in [-0.25, -0.2) is 4.79 Å². The van der Waals surface area contributed by atoms with E-state index in [0.29, 0.717) is 11.7 Å². The van der Waals surface area contributed by atoms with Gasteiger partial charge in [-0.05, 0) is 31.4 Å². The van der Waals surface area contributed by atoms with Crippen LogP contribution < -0.4 is 5.32 Å². The number of ether oxygens (including phenoxy) is 1. The molecule has 1 saturated carbocycles. The second kappa shape index (κ2) is 5.88. The summed E-state index contributed by atoms with van der Waals surface area (Å²) in [7, 11) is 1.22. The molecule has 1 aliphatic rings. The largest absolute Gasteiger partial charge is 0.467 e. The first kappa shape index (κ1) is 13.6. The monoisotopic (exact) mass is 266 g/mol. The van der Waals surface area contributed by atoms with Gasteiger partial charge < -0.3 is 19.7 Å². The van der Waals surface area contributed by atoms with Gasteiger partial charge >= 0.3 is 5.97 Å². The van der Waals surface area contributed by atoms with Crippen LogP contribution in [0.25, 0.3) is 0 Å². The van der Waals surface area contributed by atoms with Crippen molar-refractivity contribution in [3.05, 3.63) is 24.0 Å². The van der Waals surface area contributed by atoms with Gasteiger partial charge in [-0.15, -0.1) is 0 Å². The smallest absolute Gasteiger partial charge is 0.330 e. The molecule has 1 amide bonds. The van der Waals surface area contributed by atoms with Crippen molar-refractivity contribution in [2.75, 3.05) is 13.7 Å². The lowest BCUT2D eigenvalue weighted by molar-refractivity contribution is -0.143. The minimum atomic E-state index is -1.03. The first-order valence-electron chi connectivity index (χ1n) is 6.33. The molecule has 0 spiro atoms. The molecule has 1 aliphatic carbocycles. The summed E-state index contributed by atoms with van der Waals surface area (Å²) in [6.45, 7) is -0.484. The van der Waals surface area contributed by atoms with E-state index in [9.17, 15) is 9.59 Å². The maximum Gasteiger partial charge on any atom is 0.330 e.